The number of nitrogens with zero attached hydrogens (tertiary/aromatic N) is 4. The summed E-state index contributed by atoms with van der Waals surface area (Å²) in [6, 6.07) is -2.00. The largest absolute Gasteiger partial charge is 0.508 e. The number of nitrogens with two attached hydrogens (primary N) is 4. The number of phenolic OH excluding ortho intramolecular Hbond substituents is 1. The molecule has 9 atom stereocenters. The molecule has 0 radical (unpaired) electrons. The van der Waals surface area contributed by atoms with E-state index >= 15 is 0 Å². The number of hydrogen-bond donors (Lipinski definition) is 13. The highest BCUT2D eigenvalue weighted by molar-refractivity contribution is 7.98. The highest BCUT2D eigenvalue weighted by atomic mass is 32.2. The molecule has 2 amide bonds. The van der Waals surface area contributed by atoms with Gasteiger partial charge in [0.2, 0.25) is 34.9 Å². The Morgan fingerprint density at radius 3 is 2.00 bits per heavy atom. The van der Waals surface area contributed by atoms with Crippen LogP contribution in [0.5, 0.6) is 5.75 Å². The van der Waals surface area contributed by atoms with Crippen LogP contribution >= 0.6 is 24.4 Å². The minimum absolute atomic E-state index is 0.00864. The van der Waals surface area contributed by atoms with Gasteiger partial charge in [0.1, 0.15) is 30.6 Å². The van der Waals surface area contributed by atoms with Crippen LogP contribution in [0.25, 0.3) is 0 Å². The number of rotatable bonds is 41. The van der Waals surface area contributed by atoms with Gasteiger partial charge in [-0.3, -0.25) is 49.0 Å². The predicted octanol–water partition coefficient (Wildman–Crippen LogP) is -2.08. The number of carbonyl (C=O) groups is 9. The summed E-state index contributed by atoms with van der Waals surface area (Å²) in [5.41, 5.74) is 34.1. The Labute approximate surface area is 455 Å². The normalized spacial score (nSPS) is 16.8. The molecule has 0 aromatic heterocycles. The van der Waals surface area contributed by atoms with E-state index in [1.54, 1.807) is 24.0 Å². The first kappa shape index (κ1) is 66.7. The van der Waals surface area contributed by atoms with Crippen molar-refractivity contribution < 1.29 is 48.3 Å². The number of aromatic hydroxyl groups is 1. The molecule has 0 bridgehead atoms. The number of benzene rings is 1. The van der Waals surface area contributed by atoms with Crippen LogP contribution in [-0.2, 0) is 49.6 Å². The third-order valence-electron chi connectivity index (χ3n) is 12.4. The molecule has 0 aliphatic carbocycles. The number of aliphatic imine (C=N–C) groups is 2. The Hall–Kier alpha value is -5.39. The van der Waals surface area contributed by atoms with Crippen molar-refractivity contribution in [2.24, 2.45) is 44.8 Å². The fraction of sp³-hybridized carbons (Fsp3) is 0.653. The minimum Gasteiger partial charge on any atom is -0.508 e. The molecular weight excluding hydrogens is 1020 g/mol. The lowest BCUT2D eigenvalue weighted by molar-refractivity contribution is -0.142. The first-order valence-corrected chi connectivity index (χ1v) is 27.5. The molecule has 16 N–H and O–H groups in total. The SMILES string of the molecule is CSCC[C@H](NN(NCC(=O)N[C@H](C=O)CCCN=C(N)N)[C@H](C=O)CC(C)C)C(=O)C(=O)[C@H](CS)NC(C)N1CCC[C@H]1C(=O)C(=O)[C@H](CCCN=C(N)N)NC(=O)[C@H](Cc1ccc(O)cc1)NN[C@H](C=O)C(C)C. The number of hydrazine groups is 3. The summed E-state index contributed by atoms with van der Waals surface area (Å²) < 4.78 is 0. The zero-order valence-electron chi connectivity index (χ0n) is 44.6. The van der Waals surface area contributed by atoms with Crippen LogP contribution in [0.1, 0.15) is 91.5 Å². The molecule has 2 rings (SSSR count). The minimum atomic E-state index is -1.32. The van der Waals surface area contributed by atoms with E-state index in [-0.39, 0.29) is 86.9 Å². The first-order chi connectivity index (χ1) is 36.1. The van der Waals surface area contributed by atoms with Gasteiger partial charge in [0.05, 0.1) is 55.0 Å². The van der Waals surface area contributed by atoms with Crippen molar-refractivity contribution in [2.45, 2.75) is 147 Å². The Morgan fingerprint density at radius 2 is 1.45 bits per heavy atom. The standard InChI is InChI=1S/C49H83N15O10S2/c1-29(2)22-34(26-66)64(56-24-42(69)58-33(25-65)10-7-18-54-48(50)51)62-37(17-21-76-6)44(71)45(72)40(28-75)57-31(5)63-20-9-12-41(63)46(73)43(70)36(11-8-19-55-49(52)53)59-47(74)38(60-61-39(27-67)30(3)4)23-32-13-15-35(68)16-14-32/h13-16,25-27,29-31,33-34,36-41,56-57,60-62,68,75H,7-12,17-24,28H2,1-6H3,(H,58,69)(H,59,74)(H4,50,51,54)(H4,52,53,55)/t31?,33-,34-,36-,37-,38-,39+,40-,41-/m0/s1. The summed E-state index contributed by atoms with van der Waals surface area (Å²) in [6.45, 7) is 9.37. The lowest BCUT2D eigenvalue weighted by Crippen LogP contribution is -2.63. The van der Waals surface area contributed by atoms with Gasteiger partial charge >= 0.3 is 0 Å². The van der Waals surface area contributed by atoms with Crippen molar-refractivity contribution in [1.82, 2.24) is 47.7 Å². The molecule has 1 unspecified atom stereocenters. The maximum absolute atomic E-state index is 14.4. The van der Waals surface area contributed by atoms with Crippen LogP contribution in [0.2, 0.25) is 0 Å². The highest BCUT2D eigenvalue weighted by Gasteiger charge is 2.42. The number of Topliss-reactive ketones (excluding diaryl/α,β-unsaturated/α-hetero) is 4. The van der Waals surface area contributed by atoms with Crippen LogP contribution in [0, 0.1) is 11.8 Å². The number of thioether (sulfide) groups is 1. The second kappa shape index (κ2) is 35.8. The third kappa shape index (κ3) is 23.9. The monoisotopic (exact) mass is 1110 g/mol. The molecular formula is C49H83N15O10S2. The Bertz CT molecular complexity index is 2100. The number of likely N-dealkylation sites (tertiary alicyclic amines) is 1. The molecule has 1 aliphatic rings. The quantitative estimate of drug-likeness (QED) is 0.00636. The summed E-state index contributed by atoms with van der Waals surface area (Å²) in [4.78, 5) is 130. The lowest BCUT2D eigenvalue weighted by atomic mass is 9.96. The molecule has 76 heavy (non-hydrogen) atoms. The number of aldehydes is 3. The molecule has 25 nitrogen and oxygen atoms in total. The van der Waals surface area contributed by atoms with Gasteiger partial charge in [-0.1, -0.05) is 39.8 Å². The average molecular weight is 1110 g/mol. The molecule has 0 spiro atoms. The van der Waals surface area contributed by atoms with E-state index in [9.17, 15) is 48.3 Å². The lowest BCUT2D eigenvalue weighted by Gasteiger charge is -2.34. The Morgan fingerprint density at radius 1 is 0.816 bits per heavy atom. The van der Waals surface area contributed by atoms with Crippen molar-refractivity contribution in [3.63, 3.8) is 0 Å². The number of amides is 2. The number of hydrogen-bond acceptors (Lipinski definition) is 21. The fourth-order valence-electron chi connectivity index (χ4n) is 8.22. The highest BCUT2D eigenvalue weighted by Crippen LogP contribution is 2.23. The van der Waals surface area contributed by atoms with Crippen molar-refractivity contribution in [1.29, 1.82) is 0 Å². The summed E-state index contributed by atoms with van der Waals surface area (Å²) in [5, 5.41) is 19.6. The van der Waals surface area contributed by atoms with Crippen LogP contribution < -0.4 is 60.6 Å². The van der Waals surface area contributed by atoms with E-state index in [2.05, 4.69) is 60.3 Å². The van der Waals surface area contributed by atoms with Crippen molar-refractivity contribution in [3.05, 3.63) is 29.8 Å². The zero-order chi connectivity index (χ0) is 56.9. The van der Waals surface area contributed by atoms with Crippen LogP contribution in [0.3, 0.4) is 0 Å². The zero-order valence-corrected chi connectivity index (χ0v) is 46.3. The van der Waals surface area contributed by atoms with Gasteiger partial charge in [-0.2, -0.15) is 29.5 Å². The van der Waals surface area contributed by atoms with Gasteiger partial charge in [-0.25, -0.2) is 21.7 Å². The molecule has 0 saturated carbocycles. The third-order valence-corrected chi connectivity index (χ3v) is 13.4. The molecule has 1 aliphatic heterocycles. The summed E-state index contributed by atoms with van der Waals surface area (Å²) in [5.74, 6) is -4.75. The first-order valence-electron chi connectivity index (χ1n) is 25.5. The molecule has 426 valence electrons. The van der Waals surface area contributed by atoms with E-state index in [1.165, 1.54) is 29.0 Å². The number of carbonyl (C=O) groups excluding carboxylic acids is 9. The maximum Gasteiger partial charge on any atom is 0.239 e. The van der Waals surface area contributed by atoms with Gasteiger partial charge in [-0.15, -0.1) is 0 Å². The topological polar surface area (TPSA) is 393 Å². The number of thiol groups is 1. The molecule has 1 heterocycles. The number of nitrogens with one attached hydrogen (secondary N) is 7. The predicted molar refractivity (Wildman–Crippen MR) is 295 cm³/mol. The smallest absolute Gasteiger partial charge is 0.239 e. The second-order valence-corrected chi connectivity index (χ2v) is 20.7. The number of guanidine groups is 2. The second-order valence-electron chi connectivity index (χ2n) is 19.3. The average Bonchev–Trinajstić information content (AvgIpc) is 3.88. The molecule has 1 aromatic rings. The van der Waals surface area contributed by atoms with Crippen molar-refractivity contribution in [2.75, 3.05) is 43.9 Å². The number of phenols is 1. The van der Waals surface area contributed by atoms with E-state index in [1.807, 2.05) is 34.0 Å². The van der Waals surface area contributed by atoms with Crippen LogP contribution in [0.15, 0.2) is 34.3 Å². The van der Waals surface area contributed by atoms with Gasteiger partial charge in [0, 0.05) is 25.4 Å². The van der Waals surface area contributed by atoms with Gasteiger partial charge < -0.3 is 53.1 Å². The van der Waals surface area contributed by atoms with Gasteiger partial charge in [0.25, 0.3) is 0 Å². The van der Waals surface area contributed by atoms with Crippen molar-refractivity contribution in [3.8, 4) is 5.75 Å². The van der Waals surface area contributed by atoms with Crippen LogP contribution in [0.4, 0.5) is 0 Å². The number of ketones is 4. The fourth-order valence-corrected chi connectivity index (χ4v) is 8.96. The van der Waals surface area contributed by atoms with Crippen LogP contribution in [-0.4, -0.2) is 179 Å². The Balaban J connectivity index is 2.35. The molecule has 1 aromatic carbocycles. The van der Waals surface area contributed by atoms with E-state index in [0.29, 0.717) is 56.0 Å². The van der Waals surface area contributed by atoms with Gasteiger partial charge in [0.15, 0.2) is 11.9 Å². The maximum atomic E-state index is 14.4. The van der Waals surface area contributed by atoms with E-state index < -0.39 is 96.0 Å². The molecule has 1 saturated heterocycles. The van der Waals surface area contributed by atoms with Gasteiger partial charge in [-0.05, 0) is 106 Å². The summed E-state index contributed by atoms with van der Waals surface area (Å²) in [6.07, 6.45) is 5.12. The van der Waals surface area contributed by atoms with E-state index in [4.69, 9.17) is 22.9 Å². The molecule has 27 heteroatoms. The van der Waals surface area contributed by atoms with Crippen molar-refractivity contribution >= 4 is 90.1 Å². The van der Waals surface area contributed by atoms with E-state index in [0.717, 1.165) is 0 Å². The Kier molecular flexibility index (Phi) is 31.5. The summed E-state index contributed by atoms with van der Waals surface area (Å²) in [7, 11) is 0. The summed E-state index contributed by atoms with van der Waals surface area (Å²) >= 11 is 5.85. The molecule has 1 fully saturated rings.